The van der Waals surface area contributed by atoms with E-state index in [0.29, 0.717) is 30.8 Å². The highest BCUT2D eigenvalue weighted by Gasteiger charge is 2.39. The Morgan fingerprint density at radius 2 is 2.00 bits per heavy atom. The number of ether oxygens (including phenoxy) is 1. The van der Waals surface area contributed by atoms with Crippen LogP contribution in [0.25, 0.3) is 0 Å². The van der Waals surface area contributed by atoms with Gasteiger partial charge >= 0.3 is 0 Å². The summed E-state index contributed by atoms with van der Waals surface area (Å²) in [4.78, 5) is 21.5. The summed E-state index contributed by atoms with van der Waals surface area (Å²) in [5.41, 5.74) is 0. The van der Waals surface area contributed by atoms with E-state index in [1.165, 1.54) is 12.8 Å². The third kappa shape index (κ3) is 7.94. The van der Waals surface area contributed by atoms with Crippen LogP contribution in [0.4, 0.5) is 0 Å². The van der Waals surface area contributed by atoms with Crippen LogP contribution in [0.5, 0.6) is 0 Å². The molecule has 1 aromatic rings. The first kappa shape index (κ1) is 24.3. The topological polar surface area (TPSA) is 82.3 Å². The molecule has 1 unspecified atom stereocenters. The molecule has 0 spiro atoms. The van der Waals surface area contributed by atoms with Gasteiger partial charge < -0.3 is 24.7 Å². The fourth-order valence-corrected chi connectivity index (χ4v) is 4.16. The summed E-state index contributed by atoms with van der Waals surface area (Å²) >= 11 is 0. The van der Waals surface area contributed by atoms with Gasteiger partial charge in [0.05, 0.1) is 19.5 Å². The molecule has 4 rings (SSSR count). The number of carbonyl (C=O) groups is 1. The van der Waals surface area contributed by atoms with Gasteiger partial charge in [0.2, 0.25) is 5.91 Å². The molecule has 2 saturated heterocycles. The lowest BCUT2D eigenvalue weighted by molar-refractivity contribution is -0.128. The number of likely N-dealkylation sites (tertiary alicyclic amines) is 1. The van der Waals surface area contributed by atoms with E-state index in [0.717, 1.165) is 77.0 Å². The number of morpholine rings is 1. The summed E-state index contributed by atoms with van der Waals surface area (Å²) in [6.07, 6.45) is 6.57. The van der Waals surface area contributed by atoms with Gasteiger partial charge in [-0.3, -0.25) is 14.7 Å². The Kier molecular flexibility index (Phi) is 9.92. The Labute approximate surface area is 202 Å². The summed E-state index contributed by atoms with van der Waals surface area (Å²) < 4.78 is 10.8. The highest BCUT2D eigenvalue weighted by atomic mass is 127. The minimum Gasteiger partial charge on any atom is -0.469 e. The van der Waals surface area contributed by atoms with Crippen LogP contribution in [0.15, 0.2) is 27.8 Å². The van der Waals surface area contributed by atoms with Crippen LogP contribution < -0.4 is 10.6 Å². The van der Waals surface area contributed by atoms with Gasteiger partial charge in [0.15, 0.2) is 5.96 Å². The van der Waals surface area contributed by atoms with E-state index in [1.54, 1.807) is 6.26 Å². The maximum atomic E-state index is 12.2. The Morgan fingerprint density at radius 1 is 1.19 bits per heavy atom. The normalized spacial score (nSPS) is 22.5. The molecule has 1 aromatic heterocycles. The van der Waals surface area contributed by atoms with Crippen LogP contribution >= 0.6 is 24.0 Å². The predicted octanol–water partition coefficient (Wildman–Crippen LogP) is 1.71. The predicted molar refractivity (Wildman–Crippen MR) is 131 cm³/mol. The Balaban J connectivity index is 0.00000272. The lowest BCUT2D eigenvalue weighted by atomic mass is 10.1. The van der Waals surface area contributed by atoms with Gasteiger partial charge in [0.1, 0.15) is 5.76 Å². The third-order valence-corrected chi connectivity index (χ3v) is 6.02. The van der Waals surface area contributed by atoms with E-state index >= 15 is 0 Å². The SMILES string of the molecule is I.O=C1CC(CN=C(NCCCN2CCOCC2)NCCc2ccco2)CN1C1CC1. The number of aliphatic imine (C=N–C) groups is 1. The number of halogens is 1. The smallest absolute Gasteiger partial charge is 0.223 e. The van der Waals surface area contributed by atoms with Crippen LogP contribution in [0, 0.1) is 5.92 Å². The minimum atomic E-state index is 0. The zero-order valence-electron chi connectivity index (χ0n) is 18.3. The highest BCUT2D eigenvalue weighted by molar-refractivity contribution is 14.0. The quantitative estimate of drug-likeness (QED) is 0.202. The lowest BCUT2D eigenvalue weighted by Crippen LogP contribution is -2.41. The van der Waals surface area contributed by atoms with Gasteiger partial charge in [-0.15, -0.1) is 24.0 Å². The van der Waals surface area contributed by atoms with Crippen molar-refractivity contribution in [1.29, 1.82) is 0 Å². The summed E-state index contributed by atoms with van der Waals surface area (Å²) in [6.45, 7) is 7.99. The fourth-order valence-electron chi connectivity index (χ4n) is 4.16. The van der Waals surface area contributed by atoms with Crippen LogP contribution in [0.2, 0.25) is 0 Å². The molecule has 2 N–H and O–H groups in total. The van der Waals surface area contributed by atoms with E-state index in [-0.39, 0.29) is 24.0 Å². The van der Waals surface area contributed by atoms with Crippen molar-refractivity contribution in [3.8, 4) is 0 Å². The molecule has 8 nitrogen and oxygen atoms in total. The first-order valence-electron chi connectivity index (χ1n) is 11.4. The summed E-state index contributed by atoms with van der Waals surface area (Å²) in [7, 11) is 0. The second-order valence-electron chi connectivity index (χ2n) is 8.53. The second kappa shape index (κ2) is 12.6. The maximum absolute atomic E-state index is 12.2. The van der Waals surface area contributed by atoms with Crippen molar-refractivity contribution in [2.75, 3.05) is 59.0 Å². The number of furan rings is 1. The molecular formula is C22H36IN5O3. The van der Waals surface area contributed by atoms with Gasteiger partial charge in [-0.1, -0.05) is 0 Å². The highest BCUT2D eigenvalue weighted by Crippen LogP contribution is 2.32. The van der Waals surface area contributed by atoms with E-state index in [4.69, 9.17) is 14.1 Å². The largest absolute Gasteiger partial charge is 0.469 e. The molecule has 1 atom stereocenters. The van der Waals surface area contributed by atoms with Crippen LogP contribution in [0.1, 0.15) is 31.4 Å². The number of carbonyl (C=O) groups excluding carboxylic acids is 1. The van der Waals surface area contributed by atoms with Gasteiger partial charge in [-0.05, 0) is 37.9 Å². The van der Waals surface area contributed by atoms with Crippen molar-refractivity contribution in [3.63, 3.8) is 0 Å². The molecule has 0 radical (unpaired) electrons. The molecular weight excluding hydrogens is 509 g/mol. The number of amides is 1. The molecule has 1 amide bonds. The lowest BCUT2D eigenvalue weighted by Gasteiger charge is -2.26. The molecule has 2 aliphatic heterocycles. The van der Waals surface area contributed by atoms with E-state index in [1.807, 2.05) is 12.1 Å². The molecule has 1 saturated carbocycles. The molecule has 3 aliphatic rings. The van der Waals surface area contributed by atoms with Gasteiger partial charge in [-0.2, -0.15) is 0 Å². The van der Waals surface area contributed by atoms with Crippen molar-refractivity contribution < 1.29 is 13.9 Å². The number of rotatable bonds is 10. The Hall–Kier alpha value is -1.33. The van der Waals surface area contributed by atoms with Crippen molar-refractivity contribution in [1.82, 2.24) is 20.4 Å². The molecule has 9 heteroatoms. The first-order chi connectivity index (χ1) is 14.8. The monoisotopic (exact) mass is 545 g/mol. The number of nitrogens with one attached hydrogen (secondary N) is 2. The standard InChI is InChI=1S/C22H35N5O3.HI/c28-21-15-18(17-27(21)19-4-5-19)16-25-22(24-8-6-20-3-1-12-30-20)23-7-2-9-26-10-13-29-14-11-26;/h1,3,12,18-19H,2,4-11,13-17H2,(H2,23,24,25);1H. The zero-order chi connectivity index (χ0) is 20.6. The third-order valence-electron chi connectivity index (χ3n) is 6.02. The average Bonchev–Trinajstić information content (AvgIpc) is 3.34. The number of guanidine groups is 1. The van der Waals surface area contributed by atoms with Gasteiger partial charge in [0, 0.05) is 64.1 Å². The van der Waals surface area contributed by atoms with Crippen LogP contribution in [-0.4, -0.2) is 86.7 Å². The molecule has 0 aromatic carbocycles. The minimum absolute atomic E-state index is 0. The van der Waals surface area contributed by atoms with Crippen LogP contribution in [0.3, 0.4) is 0 Å². The molecule has 0 bridgehead atoms. The number of nitrogens with zero attached hydrogens (tertiary/aromatic N) is 3. The Bertz CT molecular complexity index is 689. The summed E-state index contributed by atoms with van der Waals surface area (Å²) in [5.74, 6) is 2.44. The Morgan fingerprint density at radius 3 is 2.74 bits per heavy atom. The maximum Gasteiger partial charge on any atom is 0.223 e. The van der Waals surface area contributed by atoms with Gasteiger partial charge in [0.25, 0.3) is 0 Å². The zero-order valence-corrected chi connectivity index (χ0v) is 20.6. The van der Waals surface area contributed by atoms with E-state index in [2.05, 4.69) is 20.4 Å². The first-order valence-corrected chi connectivity index (χ1v) is 11.4. The van der Waals surface area contributed by atoms with Crippen molar-refractivity contribution in [2.24, 2.45) is 10.9 Å². The van der Waals surface area contributed by atoms with Crippen LogP contribution in [-0.2, 0) is 16.0 Å². The van der Waals surface area contributed by atoms with E-state index in [9.17, 15) is 4.79 Å². The summed E-state index contributed by atoms with van der Waals surface area (Å²) in [5, 5.41) is 6.90. The molecule has 1 aliphatic carbocycles. The summed E-state index contributed by atoms with van der Waals surface area (Å²) in [6, 6.07) is 4.41. The molecule has 3 fully saturated rings. The van der Waals surface area contributed by atoms with E-state index < -0.39 is 0 Å². The van der Waals surface area contributed by atoms with Crippen molar-refractivity contribution in [2.45, 2.75) is 38.1 Å². The molecule has 174 valence electrons. The second-order valence-corrected chi connectivity index (χ2v) is 8.53. The van der Waals surface area contributed by atoms with Crippen molar-refractivity contribution in [3.05, 3.63) is 24.2 Å². The average molecular weight is 545 g/mol. The molecule has 31 heavy (non-hydrogen) atoms. The van der Waals surface area contributed by atoms with Crippen molar-refractivity contribution >= 4 is 35.8 Å². The number of hydrogen-bond donors (Lipinski definition) is 2. The molecule has 3 heterocycles. The number of hydrogen-bond acceptors (Lipinski definition) is 5. The van der Waals surface area contributed by atoms with Gasteiger partial charge in [-0.25, -0.2) is 0 Å². The fraction of sp³-hybridized carbons (Fsp3) is 0.727.